The van der Waals surface area contributed by atoms with E-state index in [0.717, 1.165) is 17.2 Å². The van der Waals surface area contributed by atoms with Gasteiger partial charge < -0.3 is 4.74 Å². The Bertz CT molecular complexity index is 1160. The number of carbonyl (C=O) groups excluding carboxylic acids is 1. The van der Waals surface area contributed by atoms with Crippen molar-refractivity contribution in [1.82, 2.24) is 4.31 Å². The summed E-state index contributed by atoms with van der Waals surface area (Å²) in [5, 5.41) is 2.04. The molecule has 0 spiro atoms. The molecule has 0 aromatic heterocycles. The van der Waals surface area contributed by atoms with Crippen LogP contribution < -0.4 is 4.74 Å². The monoisotopic (exact) mass is 423 g/mol. The zero-order valence-corrected chi connectivity index (χ0v) is 17.9. The number of carbonyl (C=O) groups is 1. The van der Waals surface area contributed by atoms with Crippen LogP contribution in [0.15, 0.2) is 71.6 Å². The van der Waals surface area contributed by atoms with Crippen LogP contribution in [0, 0.1) is 11.8 Å². The molecule has 1 saturated heterocycles. The highest BCUT2D eigenvalue weighted by molar-refractivity contribution is 7.89. The van der Waals surface area contributed by atoms with Gasteiger partial charge in [0.15, 0.2) is 0 Å². The molecule has 0 bridgehead atoms. The van der Waals surface area contributed by atoms with Crippen molar-refractivity contribution in [3.8, 4) is 5.75 Å². The van der Waals surface area contributed by atoms with Crippen LogP contribution in [0.2, 0.25) is 0 Å². The fourth-order valence-electron chi connectivity index (χ4n) is 4.11. The Balaban J connectivity index is 1.50. The van der Waals surface area contributed by atoms with Crippen LogP contribution in [0.5, 0.6) is 5.75 Å². The van der Waals surface area contributed by atoms with Crippen LogP contribution in [0.1, 0.15) is 30.6 Å². The Kier molecular flexibility index (Phi) is 5.62. The maximum Gasteiger partial charge on any atom is 0.343 e. The third-order valence-corrected chi connectivity index (χ3v) is 7.34. The van der Waals surface area contributed by atoms with Gasteiger partial charge >= 0.3 is 5.97 Å². The first kappa shape index (κ1) is 20.6. The zero-order chi connectivity index (χ0) is 21.3. The molecule has 0 saturated carbocycles. The third kappa shape index (κ3) is 4.25. The summed E-state index contributed by atoms with van der Waals surface area (Å²) in [6.07, 6.45) is 1.03. The van der Waals surface area contributed by atoms with Gasteiger partial charge in [0.25, 0.3) is 0 Å². The molecule has 1 aliphatic heterocycles. The molecule has 4 rings (SSSR count). The van der Waals surface area contributed by atoms with E-state index in [9.17, 15) is 13.2 Å². The predicted octanol–water partition coefficient (Wildman–Crippen LogP) is 4.73. The van der Waals surface area contributed by atoms with Gasteiger partial charge in [-0.1, -0.05) is 44.2 Å². The highest BCUT2D eigenvalue weighted by Crippen LogP contribution is 2.27. The average molecular weight is 424 g/mol. The van der Waals surface area contributed by atoms with E-state index in [4.69, 9.17) is 4.74 Å². The van der Waals surface area contributed by atoms with E-state index < -0.39 is 16.0 Å². The number of sulfonamides is 1. The normalized spacial score (nSPS) is 20.2. The summed E-state index contributed by atoms with van der Waals surface area (Å²) in [6.45, 7) is 5.20. The molecule has 0 radical (unpaired) electrons. The Labute approximate surface area is 177 Å². The lowest BCUT2D eigenvalue weighted by molar-refractivity contribution is 0.0735. The SMILES string of the molecule is CC1CC(C)CN(S(=O)(=O)c2ccc(C(=O)Oc3ccc4ccccc4c3)cc2)C1. The van der Waals surface area contributed by atoms with Crippen LogP contribution in [0.3, 0.4) is 0 Å². The Morgan fingerprint density at radius 2 is 1.53 bits per heavy atom. The van der Waals surface area contributed by atoms with E-state index >= 15 is 0 Å². The van der Waals surface area contributed by atoms with Crippen molar-refractivity contribution >= 4 is 26.8 Å². The molecule has 0 amide bonds. The first-order valence-electron chi connectivity index (χ1n) is 10.1. The molecule has 2 unspecified atom stereocenters. The van der Waals surface area contributed by atoms with Crippen LogP contribution in [-0.2, 0) is 10.0 Å². The second kappa shape index (κ2) is 8.20. The van der Waals surface area contributed by atoms with Crippen LogP contribution in [-0.4, -0.2) is 31.8 Å². The first-order chi connectivity index (χ1) is 14.3. The average Bonchev–Trinajstić information content (AvgIpc) is 2.73. The molecule has 2 atom stereocenters. The molecular formula is C24H25NO4S. The quantitative estimate of drug-likeness (QED) is 0.450. The van der Waals surface area contributed by atoms with Crippen molar-refractivity contribution in [2.24, 2.45) is 11.8 Å². The van der Waals surface area contributed by atoms with Gasteiger partial charge in [0.1, 0.15) is 5.75 Å². The minimum Gasteiger partial charge on any atom is -0.423 e. The minimum atomic E-state index is -3.57. The molecule has 1 heterocycles. The second-order valence-electron chi connectivity index (χ2n) is 8.19. The highest BCUT2D eigenvalue weighted by atomic mass is 32.2. The van der Waals surface area contributed by atoms with Gasteiger partial charge in [-0.2, -0.15) is 4.31 Å². The summed E-state index contributed by atoms with van der Waals surface area (Å²) < 4.78 is 33.0. The lowest BCUT2D eigenvalue weighted by Crippen LogP contribution is -2.42. The molecule has 3 aromatic carbocycles. The fraction of sp³-hybridized carbons (Fsp3) is 0.292. The molecule has 0 N–H and O–H groups in total. The highest BCUT2D eigenvalue weighted by Gasteiger charge is 2.31. The smallest absolute Gasteiger partial charge is 0.343 e. The summed E-state index contributed by atoms with van der Waals surface area (Å²) in [4.78, 5) is 12.7. The van der Waals surface area contributed by atoms with Crippen LogP contribution >= 0.6 is 0 Å². The standard InChI is InChI=1S/C24H25NO4S/c1-17-13-18(2)16-25(15-17)30(27,28)23-11-8-20(9-12-23)24(26)29-22-10-7-19-5-3-4-6-21(19)14-22/h3-12,14,17-18H,13,15-16H2,1-2H3. The van der Waals surface area contributed by atoms with Gasteiger partial charge in [0.2, 0.25) is 10.0 Å². The van der Waals surface area contributed by atoms with E-state index in [-0.39, 0.29) is 4.90 Å². The van der Waals surface area contributed by atoms with Crippen molar-refractivity contribution in [3.63, 3.8) is 0 Å². The number of benzene rings is 3. The zero-order valence-electron chi connectivity index (χ0n) is 17.1. The van der Waals surface area contributed by atoms with Crippen LogP contribution in [0.4, 0.5) is 0 Å². The molecule has 1 aliphatic rings. The molecule has 0 aliphatic carbocycles. The van der Waals surface area contributed by atoms with E-state index in [1.54, 1.807) is 10.4 Å². The van der Waals surface area contributed by atoms with E-state index in [2.05, 4.69) is 13.8 Å². The van der Waals surface area contributed by atoms with Gasteiger partial charge in [-0.3, -0.25) is 0 Å². The largest absolute Gasteiger partial charge is 0.423 e. The molecule has 156 valence electrons. The molecule has 1 fully saturated rings. The fourth-order valence-corrected chi connectivity index (χ4v) is 5.79. The molecule has 6 heteroatoms. The van der Waals surface area contributed by atoms with E-state index in [0.29, 0.717) is 36.2 Å². The van der Waals surface area contributed by atoms with Crippen molar-refractivity contribution in [2.45, 2.75) is 25.2 Å². The Morgan fingerprint density at radius 3 is 2.20 bits per heavy atom. The number of nitrogens with zero attached hydrogens (tertiary/aromatic N) is 1. The number of hydrogen-bond acceptors (Lipinski definition) is 4. The van der Waals surface area contributed by atoms with Gasteiger partial charge in [-0.25, -0.2) is 13.2 Å². The number of ether oxygens (including phenoxy) is 1. The summed E-state index contributed by atoms with van der Waals surface area (Å²) in [5.41, 5.74) is 0.308. The minimum absolute atomic E-state index is 0.200. The number of piperidine rings is 1. The van der Waals surface area contributed by atoms with Crippen molar-refractivity contribution < 1.29 is 17.9 Å². The lowest BCUT2D eigenvalue weighted by atomic mass is 9.94. The summed E-state index contributed by atoms with van der Waals surface area (Å²) in [5.74, 6) is 0.598. The number of hydrogen-bond donors (Lipinski definition) is 0. The van der Waals surface area contributed by atoms with Crippen molar-refractivity contribution in [2.75, 3.05) is 13.1 Å². The lowest BCUT2D eigenvalue weighted by Gasteiger charge is -2.34. The number of fused-ring (bicyclic) bond motifs is 1. The molecular weight excluding hydrogens is 398 g/mol. The maximum atomic E-state index is 13.0. The van der Waals surface area contributed by atoms with Gasteiger partial charge in [-0.15, -0.1) is 0 Å². The van der Waals surface area contributed by atoms with Gasteiger partial charge in [-0.05, 0) is 65.4 Å². The topological polar surface area (TPSA) is 63.7 Å². The van der Waals surface area contributed by atoms with E-state index in [1.165, 1.54) is 24.3 Å². The Morgan fingerprint density at radius 1 is 0.900 bits per heavy atom. The van der Waals surface area contributed by atoms with Crippen LogP contribution in [0.25, 0.3) is 10.8 Å². The summed E-state index contributed by atoms with van der Waals surface area (Å²) in [6, 6.07) is 19.3. The molecule has 5 nitrogen and oxygen atoms in total. The predicted molar refractivity (Wildman–Crippen MR) is 117 cm³/mol. The molecule has 30 heavy (non-hydrogen) atoms. The van der Waals surface area contributed by atoms with Gasteiger partial charge in [0, 0.05) is 13.1 Å². The second-order valence-corrected chi connectivity index (χ2v) is 10.1. The maximum absolute atomic E-state index is 13.0. The van der Waals surface area contributed by atoms with Crippen molar-refractivity contribution in [3.05, 3.63) is 72.3 Å². The van der Waals surface area contributed by atoms with Gasteiger partial charge in [0.05, 0.1) is 10.5 Å². The summed E-state index contributed by atoms with van der Waals surface area (Å²) in [7, 11) is -3.57. The van der Waals surface area contributed by atoms with Crippen molar-refractivity contribution in [1.29, 1.82) is 0 Å². The Hall–Kier alpha value is -2.70. The summed E-state index contributed by atoms with van der Waals surface area (Å²) >= 11 is 0. The van der Waals surface area contributed by atoms with E-state index in [1.807, 2.05) is 36.4 Å². The molecule has 3 aromatic rings. The number of rotatable bonds is 4. The first-order valence-corrected chi connectivity index (χ1v) is 11.6. The third-order valence-electron chi connectivity index (χ3n) is 5.49. The number of esters is 1.